The summed E-state index contributed by atoms with van der Waals surface area (Å²) in [5.74, 6) is -0.313. The molecule has 3 heteroatoms. The van der Waals surface area contributed by atoms with Gasteiger partial charge in [0.15, 0.2) is 0 Å². The molecule has 1 unspecified atom stereocenters. The predicted octanol–water partition coefficient (Wildman–Crippen LogP) is 1.44. The van der Waals surface area contributed by atoms with Crippen LogP contribution < -0.4 is 0 Å². The van der Waals surface area contributed by atoms with Gasteiger partial charge in [0.1, 0.15) is 11.9 Å². The van der Waals surface area contributed by atoms with Gasteiger partial charge in [0.25, 0.3) is 0 Å². The van der Waals surface area contributed by atoms with Crippen LogP contribution in [0.25, 0.3) is 0 Å². The summed E-state index contributed by atoms with van der Waals surface area (Å²) in [6, 6.07) is 4.58. The van der Waals surface area contributed by atoms with Crippen LogP contribution in [-0.2, 0) is 6.61 Å². The third kappa shape index (κ3) is 1.36. The van der Waals surface area contributed by atoms with Crippen molar-refractivity contribution in [2.45, 2.75) is 12.6 Å². The van der Waals surface area contributed by atoms with Crippen molar-refractivity contribution in [3.8, 4) is 0 Å². The molecule has 0 aromatic heterocycles. The molecule has 2 nitrogen and oxygen atoms in total. The van der Waals surface area contributed by atoms with Gasteiger partial charge in [0.05, 0.1) is 6.61 Å². The standard InChI is InChI=1S/C9H8FNO/c10-8-2-6(5-12)1-7(3-8)9-4-11-9/h1-4,9,12H,5H2. The topological polar surface area (TPSA) is 32.6 Å². The Morgan fingerprint density at radius 1 is 1.42 bits per heavy atom. The highest BCUT2D eigenvalue weighted by Gasteiger charge is 2.16. The molecule has 0 bridgehead atoms. The summed E-state index contributed by atoms with van der Waals surface area (Å²) in [5, 5.41) is 8.78. The fourth-order valence-corrected chi connectivity index (χ4v) is 1.15. The maximum atomic E-state index is 12.8. The summed E-state index contributed by atoms with van der Waals surface area (Å²) in [6.07, 6.45) is 1.75. The normalized spacial score (nSPS) is 19.7. The maximum absolute atomic E-state index is 12.8. The van der Waals surface area contributed by atoms with Crippen molar-refractivity contribution in [2.75, 3.05) is 0 Å². The monoisotopic (exact) mass is 165 g/mol. The Labute approximate surface area is 69.4 Å². The molecule has 0 aliphatic carbocycles. The fraction of sp³-hybridized carbons (Fsp3) is 0.222. The number of aliphatic hydroxyl groups is 1. The third-order valence-electron chi connectivity index (χ3n) is 1.80. The highest BCUT2D eigenvalue weighted by molar-refractivity contribution is 5.79. The lowest BCUT2D eigenvalue weighted by molar-refractivity contribution is 0.281. The van der Waals surface area contributed by atoms with E-state index in [4.69, 9.17) is 5.11 Å². The third-order valence-corrected chi connectivity index (χ3v) is 1.80. The van der Waals surface area contributed by atoms with Crippen molar-refractivity contribution in [2.24, 2.45) is 4.99 Å². The molecule has 1 aromatic rings. The molecule has 1 heterocycles. The first-order valence-electron chi connectivity index (χ1n) is 3.73. The van der Waals surface area contributed by atoms with Crippen LogP contribution >= 0.6 is 0 Å². The minimum absolute atomic E-state index is 0.0472. The van der Waals surface area contributed by atoms with Crippen LogP contribution in [0.15, 0.2) is 23.2 Å². The predicted molar refractivity (Wildman–Crippen MR) is 43.6 cm³/mol. The first-order chi connectivity index (χ1) is 5.79. The number of benzene rings is 1. The highest BCUT2D eigenvalue weighted by Crippen LogP contribution is 2.25. The Morgan fingerprint density at radius 3 is 2.75 bits per heavy atom. The molecular formula is C9H8FNO. The number of aliphatic imine (C=N–C) groups is 1. The molecule has 0 saturated heterocycles. The van der Waals surface area contributed by atoms with Crippen molar-refractivity contribution in [1.29, 1.82) is 0 Å². The number of hydrogen-bond acceptors (Lipinski definition) is 2. The molecule has 1 aliphatic heterocycles. The van der Waals surface area contributed by atoms with Crippen molar-refractivity contribution in [1.82, 2.24) is 0 Å². The molecular weight excluding hydrogens is 157 g/mol. The Kier molecular flexibility index (Phi) is 1.66. The van der Waals surface area contributed by atoms with Gasteiger partial charge >= 0.3 is 0 Å². The van der Waals surface area contributed by atoms with Crippen molar-refractivity contribution in [3.05, 3.63) is 35.1 Å². The molecule has 62 valence electrons. The lowest BCUT2D eigenvalue weighted by Gasteiger charge is -2.00. The van der Waals surface area contributed by atoms with Gasteiger partial charge in [-0.05, 0) is 23.3 Å². The van der Waals surface area contributed by atoms with Gasteiger partial charge < -0.3 is 5.11 Å². The Hall–Kier alpha value is -1.22. The summed E-state index contributed by atoms with van der Waals surface area (Å²) >= 11 is 0. The SMILES string of the molecule is OCc1cc(F)cc(C2C=N2)c1. The minimum atomic E-state index is -0.313. The van der Waals surface area contributed by atoms with E-state index in [2.05, 4.69) is 4.99 Å². The Balaban J connectivity index is 2.35. The molecule has 0 amide bonds. The Bertz CT molecular complexity index is 329. The average Bonchev–Trinajstić information content (AvgIpc) is 2.85. The number of rotatable bonds is 2. The van der Waals surface area contributed by atoms with Gasteiger partial charge in [-0.3, -0.25) is 4.99 Å². The summed E-state index contributed by atoms with van der Waals surface area (Å²) in [5.41, 5.74) is 1.42. The Morgan fingerprint density at radius 2 is 2.17 bits per heavy atom. The number of aliphatic hydroxyl groups excluding tert-OH is 1. The minimum Gasteiger partial charge on any atom is -0.392 e. The first-order valence-corrected chi connectivity index (χ1v) is 3.73. The molecule has 12 heavy (non-hydrogen) atoms. The highest BCUT2D eigenvalue weighted by atomic mass is 19.1. The summed E-state index contributed by atoms with van der Waals surface area (Å²) in [6.45, 7) is -0.128. The molecule has 0 spiro atoms. The van der Waals surface area contributed by atoms with Gasteiger partial charge in [0, 0.05) is 6.21 Å². The van der Waals surface area contributed by atoms with Crippen molar-refractivity contribution in [3.63, 3.8) is 0 Å². The van der Waals surface area contributed by atoms with Gasteiger partial charge in [-0.2, -0.15) is 0 Å². The van der Waals surface area contributed by atoms with E-state index < -0.39 is 0 Å². The quantitative estimate of drug-likeness (QED) is 0.706. The van der Waals surface area contributed by atoms with E-state index in [1.54, 1.807) is 12.3 Å². The molecule has 1 aliphatic rings. The van der Waals surface area contributed by atoms with Crippen molar-refractivity contribution >= 4 is 6.21 Å². The second-order valence-electron chi connectivity index (χ2n) is 2.79. The van der Waals surface area contributed by atoms with E-state index >= 15 is 0 Å². The molecule has 0 radical (unpaired) electrons. The number of nitrogens with zero attached hydrogens (tertiary/aromatic N) is 1. The van der Waals surface area contributed by atoms with Crippen LogP contribution in [0.4, 0.5) is 4.39 Å². The molecule has 2 rings (SSSR count). The lowest BCUT2D eigenvalue weighted by atomic mass is 10.1. The van der Waals surface area contributed by atoms with E-state index in [1.165, 1.54) is 12.1 Å². The average molecular weight is 165 g/mol. The van der Waals surface area contributed by atoms with Crippen LogP contribution in [0.5, 0.6) is 0 Å². The van der Waals surface area contributed by atoms with E-state index in [1.807, 2.05) is 0 Å². The van der Waals surface area contributed by atoms with Crippen LogP contribution in [0, 0.1) is 5.82 Å². The fourth-order valence-electron chi connectivity index (χ4n) is 1.15. The van der Waals surface area contributed by atoms with E-state index in [9.17, 15) is 4.39 Å². The summed E-state index contributed by atoms with van der Waals surface area (Å²) in [4.78, 5) is 3.92. The largest absolute Gasteiger partial charge is 0.392 e. The molecule has 0 saturated carbocycles. The zero-order chi connectivity index (χ0) is 8.55. The second-order valence-corrected chi connectivity index (χ2v) is 2.79. The summed E-state index contributed by atoms with van der Waals surface area (Å²) < 4.78 is 12.8. The van der Waals surface area contributed by atoms with E-state index in [0.29, 0.717) is 5.56 Å². The number of hydrogen-bond donors (Lipinski definition) is 1. The van der Waals surface area contributed by atoms with Gasteiger partial charge in [-0.25, -0.2) is 4.39 Å². The summed E-state index contributed by atoms with van der Waals surface area (Å²) in [7, 11) is 0. The van der Waals surface area contributed by atoms with Crippen molar-refractivity contribution < 1.29 is 9.50 Å². The zero-order valence-corrected chi connectivity index (χ0v) is 6.37. The molecule has 1 aromatic carbocycles. The smallest absolute Gasteiger partial charge is 0.123 e. The van der Waals surface area contributed by atoms with E-state index in [-0.39, 0.29) is 18.5 Å². The van der Waals surface area contributed by atoms with Gasteiger partial charge in [-0.1, -0.05) is 6.07 Å². The van der Waals surface area contributed by atoms with E-state index in [0.717, 1.165) is 5.56 Å². The van der Waals surface area contributed by atoms with Crippen LogP contribution in [0.3, 0.4) is 0 Å². The molecule has 1 N–H and O–H groups in total. The van der Waals surface area contributed by atoms with Crippen LogP contribution in [0.1, 0.15) is 17.2 Å². The van der Waals surface area contributed by atoms with Gasteiger partial charge in [0.2, 0.25) is 0 Å². The van der Waals surface area contributed by atoms with Gasteiger partial charge in [-0.15, -0.1) is 0 Å². The van der Waals surface area contributed by atoms with Crippen LogP contribution in [0.2, 0.25) is 0 Å². The zero-order valence-electron chi connectivity index (χ0n) is 6.37. The molecule has 1 atom stereocenters. The lowest BCUT2D eigenvalue weighted by Crippen LogP contribution is -1.90. The number of halogens is 1. The maximum Gasteiger partial charge on any atom is 0.123 e. The first kappa shape index (κ1) is 7.43. The second kappa shape index (κ2) is 2.68. The molecule has 0 fully saturated rings. The van der Waals surface area contributed by atoms with Crippen LogP contribution in [-0.4, -0.2) is 11.3 Å².